The average molecular weight is 637 g/mol. The summed E-state index contributed by atoms with van der Waals surface area (Å²) in [6.45, 7) is 33.2. The van der Waals surface area contributed by atoms with Crippen molar-refractivity contribution in [3.05, 3.63) is 148 Å². The summed E-state index contributed by atoms with van der Waals surface area (Å²) >= 11 is 0. The summed E-state index contributed by atoms with van der Waals surface area (Å²) in [5, 5.41) is 0. The summed E-state index contributed by atoms with van der Waals surface area (Å²) in [7, 11) is 0. The molecule has 0 aliphatic rings. The normalized spacial score (nSPS) is 10.9. The molecule has 0 radical (unpaired) electrons. The van der Waals surface area contributed by atoms with E-state index in [-0.39, 0.29) is 33.1 Å². The van der Waals surface area contributed by atoms with E-state index in [0.29, 0.717) is 11.3 Å². The lowest BCUT2D eigenvalue weighted by molar-refractivity contribution is 0.248. The van der Waals surface area contributed by atoms with Crippen LogP contribution < -0.4 is 0 Å². The molecular formula is C47H72. The number of allylic oxidation sites excluding steroid dienone is 1. The van der Waals surface area contributed by atoms with Gasteiger partial charge in [0.25, 0.3) is 0 Å². The van der Waals surface area contributed by atoms with Crippen molar-refractivity contribution < 1.29 is 0 Å². The van der Waals surface area contributed by atoms with Gasteiger partial charge in [0.05, 0.1) is 0 Å². The molecule has 0 heterocycles. The first-order valence-corrected chi connectivity index (χ1v) is 16.3. The smallest absolute Gasteiger partial charge is 0.0146 e. The van der Waals surface area contributed by atoms with Crippen LogP contribution in [-0.2, 0) is 17.3 Å². The van der Waals surface area contributed by atoms with Crippen molar-refractivity contribution >= 4 is 5.57 Å². The Morgan fingerprint density at radius 2 is 1.11 bits per heavy atom. The topological polar surface area (TPSA) is 0 Å². The highest BCUT2D eigenvalue weighted by Gasteiger charge is 2.26. The van der Waals surface area contributed by atoms with Gasteiger partial charge in [-0.2, -0.15) is 0 Å². The molecule has 0 bridgehead atoms. The molecule has 0 fully saturated rings. The molecule has 0 aliphatic heterocycles. The number of hydrogen-bond acceptors (Lipinski definition) is 0. The van der Waals surface area contributed by atoms with Crippen LogP contribution in [0.3, 0.4) is 0 Å². The Morgan fingerprint density at radius 3 is 1.55 bits per heavy atom. The summed E-state index contributed by atoms with van der Waals surface area (Å²) in [5.41, 5.74) is 12.6. The minimum atomic E-state index is 0. The zero-order valence-corrected chi connectivity index (χ0v) is 30.2. The highest BCUT2D eigenvalue weighted by atomic mass is 14.3. The van der Waals surface area contributed by atoms with Crippen LogP contribution in [0.4, 0.5) is 0 Å². The summed E-state index contributed by atoms with van der Waals surface area (Å²) in [6, 6.07) is 35.0. The molecule has 47 heavy (non-hydrogen) atoms. The minimum absolute atomic E-state index is 0. The summed E-state index contributed by atoms with van der Waals surface area (Å²) in [5.74, 6) is 0.673. The molecule has 0 nitrogen and oxygen atoms in total. The predicted octanol–water partition coefficient (Wildman–Crippen LogP) is 14.8. The lowest BCUT2D eigenvalue weighted by Crippen LogP contribution is -2.23. The molecule has 4 aromatic rings. The second-order valence-corrected chi connectivity index (χ2v) is 15.3. The molecule has 4 aromatic carbocycles. The summed E-state index contributed by atoms with van der Waals surface area (Å²) in [6.07, 6.45) is 1.13. The molecule has 0 saturated carbocycles. The quantitative estimate of drug-likeness (QED) is 0.197. The maximum atomic E-state index is 3.95. The number of rotatable bonds is 6. The van der Waals surface area contributed by atoms with E-state index in [1.54, 1.807) is 0 Å². The van der Waals surface area contributed by atoms with E-state index in [1.807, 2.05) is 25.1 Å². The van der Waals surface area contributed by atoms with Gasteiger partial charge in [-0.15, -0.1) is 0 Å². The van der Waals surface area contributed by atoms with E-state index in [2.05, 4.69) is 169 Å². The zero-order valence-electron chi connectivity index (χ0n) is 30.2. The van der Waals surface area contributed by atoms with Crippen LogP contribution in [0, 0.1) is 32.1 Å². The number of benzene rings is 4. The van der Waals surface area contributed by atoms with Gasteiger partial charge < -0.3 is 0 Å². The number of aryl methyl sites for hydroxylation is 3. The second kappa shape index (κ2) is 19.4. The molecule has 0 aromatic heterocycles. The van der Waals surface area contributed by atoms with Gasteiger partial charge in [-0.3, -0.25) is 0 Å². The van der Waals surface area contributed by atoms with Gasteiger partial charge in [-0.25, -0.2) is 0 Å². The lowest BCUT2D eigenvalue weighted by Gasteiger charge is -2.31. The van der Waals surface area contributed by atoms with Crippen LogP contribution in [0.1, 0.15) is 136 Å². The molecule has 0 atom stereocenters. The van der Waals surface area contributed by atoms with Crippen LogP contribution in [0.25, 0.3) is 5.57 Å². The molecule has 0 spiro atoms. The van der Waals surface area contributed by atoms with Crippen molar-refractivity contribution in [1.82, 2.24) is 0 Å². The van der Waals surface area contributed by atoms with Crippen molar-refractivity contribution in [2.24, 2.45) is 11.3 Å². The van der Waals surface area contributed by atoms with Crippen LogP contribution in [0.5, 0.6) is 0 Å². The molecule has 260 valence electrons. The molecule has 0 unspecified atom stereocenters. The summed E-state index contributed by atoms with van der Waals surface area (Å²) < 4.78 is 0. The Labute approximate surface area is 293 Å². The van der Waals surface area contributed by atoms with Crippen LogP contribution >= 0.6 is 0 Å². The Morgan fingerprint density at radius 1 is 0.574 bits per heavy atom. The first-order chi connectivity index (χ1) is 20.3. The minimum Gasteiger partial charge on any atom is -0.0955 e. The Balaban J connectivity index is 0. The van der Waals surface area contributed by atoms with Crippen molar-refractivity contribution in [3.8, 4) is 0 Å². The van der Waals surface area contributed by atoms with E-state index in [4.69, 9.17) is 0 Å². The largest absolute Gasteiger partial charge is 0.0955 e. The van der Waals surface area contributed by atoms with Gasteiger partial charge in [0.1, 0.15) is 0 Å². The van der Waals surface area contributed by atoms with Gasteiger partial charge in [-0.05, 0) is 78.7 Å². The molecule has 0 heteroatoms. The third-order valence-corrected chi connectivity index (χ3v) is 9.02. The molecular weight excluding hydrogens is 565 g/mol. The average Bonchev–Trinajstić information content (AvgIpc) is 2.93. The van der Waals surface area contributed by atoms with E-state index in [9.17, 15) is 0 Å². The third kappa shape index (κ3) is 14.5. The first kappa shape index (κ1) is 45.7. The van der Waals surface area contributed by atoms with Gasteiger partial charge in [0, 0.05) is 5.41 Å². The fraction of sp³-hybridized carbons (Fsp3) is 0.447. The first-order valence-electron chi connectivity index (χ1n) is 16.3. The van der Waals surface area contributed by atoms with Crippen LogP contribution in [-0.4, -0.2) is 0 Å². The van der Waals surface area contributed by atoms with Gasteiger partial charge in [-0.1, -0.05) is 210 Å². The standard InChI is InChI=1S/C24H34.C13H18.C7H8.3CH4/c1-17(2)23(5,6)16-20-13-19(4)14-22(15-20)24(7,8)21-11-9-18(3)10-12-21;1-10(2)11-7-6-8-12(9-11)13(3,4)5;1-7-5-3-2-4-6-7;;;/h9-15,17H,16H2,1-8H3;6-9H,1H2,2-5H3;2-6H,1H3;3*1H4. The van der Waals surface area contributed by atoms with E-state index in [1.165, 1.54) is 44.5 Å². The Kier molecular flexibility index (Phi) is 18.9. The molecule has 0 saturated heterocycles. The van der Waals surface area contributed by atoms with Crippen molar-refractivity contribution in [2.45, 2.75) is 130 Å². The molecule has 0 aliphatic carbocycles. The van der Waals surface area contributed by atoms with E-state index in [0.717, 1.165) is 12.0 Å². The maximum Gasteiger partial charge on any atom is 0.0146 e. The van der Waals surface area contributed by atoms with Gasteiger partial charge in [0.2, 0.25) is 0 Å². The van der Waals surface area contributed by atoms with Gasteiger partial charge >= 0.3 is 0 Å². The van der Waals surface area contributed by atoms with Gasteiger partial charge in [0.15, 0.2) is 0 Å². The second-order valence-electron chi connectivity index (χ2n) is 15.3. The zero-order chi connectivity index (χ0) is 33.3. The Hall–Kier alpha value is -3.38. The number of hydrogen-bond donors (Lipinski definition) is 0. The monoisotopic (exact) mass is 637 g/mol. The highest BCUT2D eigenvalue weighted by molar-refractivity contribution is 5.62. The maximum absolute atomic E-state index is 3.95. The van der Waals surface area contributed by atoms with E-state index >= 15 is 0 Å². The van der Waals surface area contributed by atoms with E-state index < -0.39 is 0 Å². The fourth-order valence-electron chi connectivity index (χ4n) is 4.98. The van der Waals surface area contributed by atoms with Crippen molar-refractivity contribution in [3.63, 3.8) is 0 Å². The summed E-state index contributed by atoms with van der Waals surface area (Å²) in [4.78, 5) is 0. The predicted molar refractivity (Wildman–Crippen MR) is 218 cm³/mol. The SMILES string of the molecule is C.C.C.C=C(C)c1cccc(C(C)(C)C)c1.Cc1ccc(C(C)(C)c2cc(C)cc(CC(C)(C)C(C)C)c2)cc1.Cc1ccccc1. The lowest BCUT2D eigenvalue weighted by atomic mass is 9.73. The van der Waals surface area contributed by atoms with Crippen LogP contribution in [0.15, 0.2) is 104 Å². The molecule has 0 amide bonds. The highest BCUT2D eigenvalue weighted by Crippen LogP contribution is 2.36. The fourth-order valence-corrected chi connectivity index (χ4v) is 4.98. The van der Waals surface area contributed by atoms with Crippen molar-refractivity contribution in [1.29, 1.82) is 0 Å². The molecule has 4 rings (SSSR count). The Bertz CT molecular complexity index is 1450. The van der Waals surface area contributed by atoms with Crippen molar-refractivity contribution in [2.75, 3.05) is 0 Å². The molecule has 0 N–H and O–H groups in total. The van der Waals surface area contributed by atoms with Crippen LogP contribution in [0.2, 0.25) is 0 Å². The third-order valence-electron chi connectivity index (χ3n) is 9.02.